The number of halogens is 1. The molecule has 0 spiro atoms. The van der Waals surface area contributed by atoms with Gasteiger partial charge in [-0.3, -0.25) is 4.79 Å². The number of phenols is 1. The van der Waals surface area contributed by atoms with Crippen LogP contribution in [0.25, 0.3) is 0 Å². The smallest absolute Gasteiger partial charge is 0.172 e. The van der Waals surface area contributed by atoms with Gasteiger partial charge in [-0.05, 0) is 24.6 Å². The highest BCUT2D eigenvalue weighted by Gasteiger charge is 2.28. The highest BCUT2D eigenvalue weighted by molar-refractivity contribution is 9.10. The number of likely N-dealkylation sites (tertiary alicyclic amines) is 1. The van der Waals surface area contributed by atoms with Crippen LogP contribution in [0.3, 0.4) is 0 Å². The molecule has 0 aliphatic carbocycles. The number of ketones is 1. The third kappa shape index (κ3) is 3.37. The first-order valence-corrected chi connectivity index (χ1v) is 7.56. The van der Waals surface area contributed by atoms with Gasteiger partial charge in [0.15, 0.2) is 5.78 Å². The molecule has 1 fully saturated rings. The zero-order valence-electron chi connectivity index (χ0n) is 11.6. The SMILES string of the molecule is Cc1cc(Br)cc(C(=O)CC[N+]2(C)CCCC2)c1O. The van der Waals surface area contributed by atoms with Gasteiger partial charge in [-0.25, -0.2) is 0 Å². The first-order chi connectivity index (χ1) is 8.91. The molecule has 1 aromatic carbocycles. The number of Topliss-reactive ketones (excluding diaryl/α,β-unsaturated/α-hetero) is 1. The Balaban J connectivity index is 2.08. The molecule has 0 aromatic heterocycles. The average Bonchev–Trinajstić information content (AvgIpc) is 2.78. The molecule has 0 atom stereocenters. The average molecular weight is 327 g/mol. The van der Waals surface area contributed by atoms with Crippen LogP contribution >= 0.6 is 15.9 Å². The molecule has 0 radical (unpaired) electrons. The van der Waals surface area contributed by atoms with Gasteiger partial charge in [-0.1, -0.05) is 15.9 Å². The standard InChI is InChI=1S/C15H20BrNO2/c1-11-9-12(16)10-13(15(11)19)14(18)5-8-17(2)6-3-4-7-17/h9-10H,3-8H2,1-2H3/p+1. The van der Waals surface area contributed by atoms with E-state index in [9.17, 15) is 9.90 Å². The summed E-state index contributed by atoms with van der Waals surface area (Å²) in [5, 5.41) is 10.0. The number of phenolic OH excluding ortho intramolecular Hbond substituents is 1. The number of aryl methyl sites for hydroxylation is 1. The van der Waals surface area contributed by atoms with E-state index >= 15 is 0 Å². The summed E-state index contributed by atoms with van der Waals surface area (Å²) in [6, 6.07) is 3.54. The highest BCUT2D eigenvalue weighted by atomic mass is 79.9. The summed E-state index contributed by atoms with van der Waals surface area (Å²) in [7, 11) is 2.21. The van der Waals surface area contributed by atoms with Gasteiger partial charge in [0.1, 0.15) is 5.75 Å². The second-order valence-corrected chi connectivity index (χ2v) is 6.71. The van der Waals surface area contributed by atoms with E-state index in [4.69, 9.17) is 0 Å². The molecule has 1 aliphatic rings. The zero-order chi connectivity index (χ0) is 14.0. The molecule has 1 saturated heterocycles. The first kappa shape index (κ1) is 14.5. The van der Waals surface area contributed by atoms with Crippen molar-refractivity contribution in [3.63, 3.8) is 0 Å². The molecule has 0 bridgehead atoms. The summed E-state index contributed by atoms with van der Waals surface area (Å²) in [5.74, 6) is 0.158. The van der Waals surface area contributed by atoms with Gasteiger partial charge in [0.05, 0.1) is 38.7 Å². The van der Waals surface area contributed by atoms with Crippen LogP contribution in [0.4, 0.5) is 0 Å². The van der Waals surface area contributed by atoms with Crippen LogP contribution in [0.15, 0.2) is 16.6 Å². The summed E-state index contributed by atoms with van der Waals surface area (Å²) in [4.78, 5) is 12.3. The predicted octanol–water partition coefficient (Wildman–Crippen LogP) is 3.28. The Kier molecular flexibility index (Phi) is 4.31. The fraction of sp³-hybridized carbons (Fsp3) is 0.533. The summed E-state index contributed by atoms with van der Waals surface area (Å²) < 4.78 is 1.83. The molecule has 2 rings (SSSR count). The first-order valence-electron chi connectivity index (χ1n) is 6.77. The molecule has 4 heteroatoms. The Hall–Kier alpha value is -0.870. The second kappa shape index (κ2) is 5.63. The van der Waals surface area contributed by atoms with Gasteiger partial charge in [0, 0.05) is 17.3 Å². The number of rotatable bonds is 4. The fourth-order valence-electron chi connectivity index (χ4n) is 2.78. The van der Waals surface area contributed by atoms with Crippen LogP contribution in [0, 0.1) is 6.92 Å². The van der Waals surface area contributed by atoms with Crippen molar-refractivity contribution in [2.24, 2.45) is 0 Å². The maximum Gasteiger partial charge on any atom is 0.172 e. The third-order valence-electron chi connectivity index (χ3n) is 4.09. The molecule has 19 heavy (non-hydrogen) atoms. The van der Waals surface area contributed by atoms with E-state index in [1.807, 2.05) is 13.0 Å². The van der Waals surface area contributed by atoms with Crippen LogP contribution in [-0.2, 0) is 0 Å². The summed E-state index contributed by atoms with van der Waals surface area (Å²) >= 11 is 3.38. The molecule has 1 aromatic rings. The van der Waals surface area contributed by atoms with E-state index in [1.54, 1.807) is 6.07 Å². The van der Waals surface area contributed by atoms with Crippen molar-refractivity contribution in [1.29, 1.82) is 0 Å². The van der Waals surface area contributed by atoms with E-state index < -0.39 is 0 Å². The van der Waals surface area contributed by atoms with Crippen LogP contribution in [0.5, 0.6) is 5.75 Å². The Bertz CT molecular complexity index is 493. The van der Waals surface area contributed by atoms with Crippen LogP contribution in [-0.4, -0.2) is 42.1 Å². The molecule has 1 heterocycles. The molecular weight excluding hydrogens is 306 g/mol. The van der Waals surface area contributed by atoms with Gasteiger partial charge >= 0.3 is 0 Å². The van der Waals surface area contributed by atoms with Crippen LogP contribution < -0.4 is 0 Å². The number of nitrogens with zero attached hydrogens (tertiary/aromatic N) is 1. The van der Waals surface area contributed by atoms with E-state index in [2.05, 4.69) is 23.0 Å². The Morgan fingerprint density at radius 1 is 1.37 bits per heavy atom. The maximum atomic E-state index is 12.3. The molecule has 0 saturated carbocycles. The number of quaternary nitrogens is 1. The van der Waals surface area contributed by atoms with Crippen molar-refractivity contribution in [3.8, 4) is 5.75 Å². The van der Waals surface area contributed by atoms with Gasteiger partial charge in [-0.2, -0.15) is 0 Å². The molecule has 1 aliphatic heterocycles. The molecule has 3 nitrogen and oxygen atoms in total. The number of benzene rings is 1. The minimum absolute atomic E-state index is 0.0353. The van der Waals surface area contributed by atoms with Crippen LogP contribution in [0.1, 0.15) is 35.2 Å². The Morgan fingerprint density at radius 2 is 2.00 bits per heavy atom. The lowest BCUT2D eigenvalue weighted by Gasteiger charge is -2.28. The molecule has 0 unspecified atom stereocenters. The quantitative estimate of drug-likeness (QED) is 0.681. The van der Waals surface area contributed by atoms with E-state index in [0.29, 0.717) is 12.0 Å². The van der Waals surface area contributed by atoms with Gasteiger partial charge < -0.3 is 9.59 Å². The van der Waals surface area contributed by atoms with E-state index in [0.717, 1.165) is 34.2 Å². The summed E-state index contributed by atoms with van der Waals surface area (Å²) in [5.41, 5.74) is 1.18. The van der Waals surface area contributed by atoms with Gasteiger partial charge in [0.25, 0.3) is 0 Å². The monoisotopic (exact) mass is 326 g/mol. The topological polar surface area (TPSA) is 37.3 Å². The van der Waals surface area contributed by atoms with Crippen molar-refractivity contribution < 1.29 is 14.4 Å². The predicted molar refractivity (Wildman–Crippen MR) is 79.5 cm³/mol. The van der Waals surface area contributed by atoms with Crippen molar-refractivity contribution in [3.05, 3.63) is 27.7 Å². The molecule has 0 amide bonds. The highest BCUT2D eigenvalue weighted by Crippen LogP contribution is 2.28. The molecule has 104 valence electrons. The van der Waals surface area contributed by atoms with Crippen molar-refractivity contribution in [2.75, 3.05) is 26.7 Å². The lowest BCUT2D eigenvalue weighted by molar-refractivity contribution is -0.897. The van der Waals surface area contributed by atoms with Crippen molar-refractivity contribution in [2.45, 2.75) is 26.2 Å². The van der Waals surface area contributed by atoms with E-state index in [1.165, 1.54) is 12.8 Å². The number of hydrogen-bond acceptors (Lipinski definition) is 2. The molecule has 1 N–H and O–H groups in total. The fourth-order valence-corrected chi connectivity index (χ4v) is 3.35. The van der Waals surface area contributed by atoms with Crippen molar-refractivity contribution >= 4 is 21.7 Å². The lowest BCUT2D eigenvalue weighted by atomic mass is 10.0. The number of aromatic hydroxyl groups is 1. The summed E-state index contributed by atoms with van der Waals surface area (Å²) in [6.07, 6.45) is 3.01. The van der Waals surface area contributed by atoms with Crippen LogP contribution in [0.2, 0.25) is 0 Å². The second-order valence-electron chi connectivity index (χ2n) is 5.79. The maximum absolute atomic E-state index is 12.3. The van der Waals surface area contributed by atoms with Crippen molar-refractivity contribution in [1.82, 2.24) is 0 Å². The third-order valence-corrected chi connectivity index (χ3v) is 4.55. The Morgan fingerprint density at radius 3 is 2.63 bits per heavy atom. The normalized spacial score (nSPS) is 17.6. The largest absolute Gasteiger partial charge is 0.507 e. The van der Waals surface area contributed by atoms with Gasteiger partial charge in [0.2, 0.25) is 0 Å². The number of carbonyl (C=O) groups is 1. The number of carbonyl (C=O) groups excluding carboxylic acids is 1. The minimum atomic E-state index is 0.0353. The lowest BCUT2D eigenvalue weighted by Crippen LogP contribution is -2.42. The van der Waals surface area contributed by atoms with E-state index in [-0.39, 0.29) is 11.5 Å². The van der Waals surface area contributed by atoms with Gasteiger partial charge in [-0.15, -0.1) is 0 Å². The summed E-state index contributed by atoms with van der Waals surface area (Å²) in [6.45, 7) is 5.00. The zero-order valence-corrected chi connectivity index (χ0v) is 13.2. The molecular formula is C15H21BrNO2+. The Labute approximate surface area is 123 Å². The number of hydrogen-bond donors (Lipinski definition) is 1. The minimum Gasteiger partial charge on any atom is -0.507 e.